The summed E-state index contributed by atoms with van der Waals surface area (Å²) in [5.41, 5.74) is 1.39. The van der Waals surface area contributed by atoms with Gasteiger partial charge in [0.15, 0.2) is 0 Å². The van der Waals surface area contributed by atoms with Gasteiger partial charge in [-0.25, -0.2) is 4.68 Å². The SMILES string of the molecule is CCC(CC)(CNCc1cnnn1Cc1ccccc1)C(=O)O. The second-order valence-corrected chi connectivity index (χ2v) is 5.76. The predicted molar refractivity (Wildman–Crippen MR) is 87.9 cm³/mol. The Bertz CT molecular complexity index is 621. The van der Waals surface area contributed by atoms with E-state index in [0.717, 1.165) is 11.3 Å². The first kappa shape index (κ1) is 17.1. The largest absolute Gasteiger partial charge is 0.481 e. The molecule has 0 unspecified atom stereocenters. The molecule has 0 amide bonds. The Kier molecular flexibility index (Phi) is 5.87. The van der Waals surface area contributed by atoms with Crippen molar-refractivity contribution in [2.75, 3.05) is 6.54 Å². The van der Waals surface area contributed by atoms with Gasteiger partial charge in [0.2, 0.25) is 0 Å². The fraction of sp³-hybridized carbons (Fsp3) is 0.471. The zero-order valence-corrected chi connectivity index (χ0v) is 13.7. The van der Waals surface area contributed by atoms with Crippen LogP contribution in [-0.4, -0.2) is 32.6 Å². The molecule has 0 aliphatic carbocycles. The van der Waals surface area contributed by atoms with Crippen LogP contribution < -0.4 is 5.32 Å². The average Bonchev–Trinajstić information content (AvgIpc) is 2.99. The molecule has 0 aliphatic rings. The summed E-state index contributed by atoms with van der Waals surface area (Å²) >= 11 is 0. The van der Waals surface area contributed by atoms with Gasteiger partial charge < -0.3 is 10.4 Å². The maximum atomic E-state index is 11.5. The average molecular weight is 316 g/mol. The number of hydrogen-bond acceptors (Lipinski definition) is 4. The highest BCUT2D eigenvalue weighted by Gasteiger charge is 2.34. The lowest BCUT2D eigenvalue weighted by atomic mass is 9.82. The van der Waals surface area contributed by atoms with Gasteiger partial charge in [0.25, 0.3) is 0 Å². The number of carboxylic acid groups (broad SMARTS) is 1. The molecule has 23 heavy (non-hydrogen) atoms. The van der Waals surface area contributed by atoms with E-state index in [-0.39, 0.29) is 0 Å². The molecule has 6 nitrogen and oxygen atoms in total. The van der Waals surface area contributed by atoms with Crippen LogP contribution in [0.5, 0.6) is 0 Å². The lowest BCUT2D eigenvalue weighted by Gasteiger charge is -2.27. The molecular formula is C17H24N4O2. The van der Waals surface area contributed by atoms with Crippen molar-refractivity contribution in [2.45, 2.75) is 39.8 Å². The third-order valence-electron chi connectivity index (χ3n) is 4.45. The molecule has 0 fully saturated rings. The summed E-state index contributed by atoms with van der Waals surface area (Å²) in [7, 11) is 0. The first-order valence-corrected chi connectivity index (χ1v) is 7.96. The van der Waals surface area contributed by atoms with Crippen molar-refractivity contribution in [3.63, 3.8) is 0 Å². The summed E-state index contributed by atoms with van der Waals surface area (Å²) in [6.45, 7) is 5.48. The topological polar surface area (TPSA) is 80.0 Å². The fourth-order valence-corrected chi connectivity index (χ4v) is 2.61. The van der Waals surface area contributed by atoms with Gasteiger partial charge in [-0.3, -0.25) is 4.79 Å². The van der Waals surface area contributed by atoms with Crippen LogP contribution in [0.3, 0.4) is 0 Å². The van der Waals surface area contributed by atoms with Gasteiger partial charge in [0.05, 0.1) is 23.9 Å². The molecule has 2 aromatic rings. The predicted octanol–water partition coefficient (Wildman–Crippen LogP) is 2.31. The van der Waals surface area contributed by atoms with Crippen LogP contribution in [0.25, 0.3) is 0 Å². The minimum absolute atomic E-state index is 0.436. The van der Waals surface area contributed by atoms with Crippen LogP contribution in [0.4, 0.5) is 0 Å². The van der Waals surface area contributed by atoms with Crippen LogP contribution in [0.1, 0.15) is 37.9 Å². The molecule has 124 valence electrons. The minimum atomic E-state index is -0.745. The Balaban J connectivity index is 1.97. The van der Waals surface area contributed by atoms with E-state index in [1.807, 2.05) is 48.9 Å². The van der Waals surface area contributed by atoms with E-state index in [9.17, 15) is 9.90 Å². The Hall–Kier alpha value is -2.21. The van der Waals surface area contributed by atoms with Gasteiger partial charge in [-0.05, 0) is 18.4 Å². The highest BCUT2D eigenvalue weighted by molar-refractivity contribution is 5.74. The molecule has 1 heterocycles. The van der Waals surface area contributed by atoms with Gasteiger partial charge in [-0.15, -0.1) is 5.10 Å². The van der Waals surface area contributed by atoms with Crippen LogP contribution in [0.15, 0.2) is 36.5 Å². The van der Waals surface area contributed by atoms with Gasteiger partial charge in [-0.2, -0.15) is 0 Å². The third kappa shape index (κ3) is 4.16. The van der Waals surface area contributed by atoms with Crippen LogP contribution in [0.2, 0.25) is 0 Å². The van der Waals surface area contributed by atoms with Crippen molar-refractivity contribution >= 4 is 5.97 Å². The molecule has 2 rings (SSSR count). The molecule has 0 saturated carbocycles. The van der Waals surface area contributed by atoms with Gasteiger partial charge in [0, 0.05) is 13.1 Å². The molecule has 1 aromatic heterocycles. The summed E-state index contributed by atoms with van der Waals surface area (Å²) in [5.74, 6) is -0.745. The number of nitrogens with zero attached hydrogens (tertiary/aromatic N) is 3. The standard InChI is InChI=1S/C17H24N4O2/c1-3-17(4-2,16(22)23)13-18-10-15-11-19-20-21(15)12-14-8-6-5-7-9-14/h5-9,11,18H,3-4,10,12-13H2,1-2H3,(H,22,23). The van der Waals surface area contributed by atoms with Crippen molar-refractivity contribution in [3.05, 3.63) is 47.8 Å². The Morgan fingerprint density at radius 2 is 1.96 bits per heavy atom. The number of benzene rings is 1. The molecule has 6 heteroatoms. The lowest BCUT2D eigenvalue weighted by molar-refractivity contribution is -0.149. The second kappa shape index (κ2) is 7.87. The quantitative estimate of drug-likeness (QED) is 0.742. The van der Waals surface area contributed by atoms with Crippen molar-refractivity contribution in [3.8, 4) is 0 Å². The first-order valence-electron chi connectivity index (χ1n) is 7.96. The van der Waals surface area contributed by atoms with Crippen LogP contribution >= 0.6 is 0 Å². The Labute approximate surface area is 136 Å². The summed E-state index contributed by atoms with van der Waals surface area (Å²) in [6.07, 6.45) is 2.93. The van der Waals surface area contributed by atoms with E-state index in [4.69, 9.17) is 0 Å². The van der Waals surface area contributed by atoms with Crippen molar-refractivity contribution in [1.29, 1.82) is 0 Å². The van der Waals surface area contributed by atoms with Crippen molar-refractivity contribution in [2.24, 2.45) is 5.41 Å². The fourth-order valence-electron chi connectivity index (χ4n) is 2.61. The lowest BCUT2D eigenvalue weighted by Crippen LogP contribution is -2.40. The number of rotatable bonds is 9. The number of carbonyl (C=O) groups is 1. The molecule has 0 spiro atoms. The number of aliphatic carboxylic acids is 1. The van der Waals surface area contributed by atoms with Crippen molar-refractivity contribution in [1.82, 2.24) is 20.3 Å². The van der Waals surface area contributed by atoms with E-state index in [0.29, 0.717) is 32.5 Å². The molecule has 0 saturated heterocycles. The van der Waals surface area contributed by atoms with Crippen LogP contribution in [0, 0.1) is 5.41 Å². The zero-order chi connectivity index (χ0) is 16.7. The smallest absolute Gasteiger partial charge is 0.310 e. The number of carboxylic acids is 1. The minimum Gasteiger partial charge on any atom is -0.481 e. The van der Waals surface area contributed by atoms with E-state index >= 15 is 0 Å². The molecule has 2 N–H and O–H groups in total. The van der Waals surface area contributed by atoms with Crippen molar-refractivity contribution < 1.29 is 9.90 Å². The van der Waals surface area contributed by atoms with E-state index in [2.05, 4.69) is 15.6 Å². The molecule has 0 atom stereocenters. The maximum Gasteiger partial charge on any atom is 0.310 e. The van der Waals surface area contributed by atoms with Crippen LogP contribution in [-0.2, 0) is 17.9 Å². The van der Waals surface area contributed by atoms with Gasteiger partial charge in [0.1, 0.15) is 0 Å². The zero-order valence-electron chi connectivity index (χ0n) is 13.7. The third-order valence-corrected chi connectivity index (χ3v) is 4.45. The van der Waals surface area contributed by atoms with E-state index < -0.39 is 11.4 Å². The highest BCUT2D eigenvalue weighted by atomic mass is 16.4. The molecule has 1 aromatic carbocycles. The summed E-state index contributed by atoms with van der Waals surface area (Å²) < 4.78 is 1.84. The second-order valence-electron chi connectivity index (χ2n) is 5.76. The number of aromatic nitrogens is 3. The molecule has 0 radical (unpaired) electrons. The maximum absolute atomic E-state index is 11.5. The van der Waals surface area contributed by atoms with E-state index in [1.54, 1.807) is 6.20 Å². The highest BCUT2D eigenvalue weighted by Crippen LogP contribution is 2.25. The van der Waals surface area contributed by atoms with Gasteiger partial charge in [-0.1, -0.05) is 49.4 Å². The van der Waals surface area contributed by atoms with E-state index in [1.165, 1.54) is 0 Å². The van der Waals surface area contributed by atoms with Gasteiger partial charge >= 0.3 is 5.97 Å². The number of hydrogen-bond donors (Lipinski definition) is 2. The molecular weight excluding hydrogens is 292 g/mol. The summed E-state index contributed by atoms with van der Waals surface area (Å²) in [5, 5.41) is 20.8. The molecule has 0 bridgehead atoms. The Morgan fingerprint density at radius 1 is 1.26 bits per heavy atom. The Morgan fingerprint density at radius 3 is 2.57 bits per heavy atom. The number of nitrogens with one attached hydrogen (secondary N) is 1. The monoisotopic (exact) mass is 316 g/mol. The molecule has 0 aliphatic heterocycles. The normalized spacial score (nSPS) is 11.6. The summed E-state index contributed by atoms with van der Waals surface area (Å²) in [6, 6.07) is 10.1. The first-order chi connectivity index (χ1) is 11.1. The summed E-state index contributed by atoms with van der Waals surface area (Å²) in [4.78, 5) is 11.5.